The minimum absolute atomic E-state index is 0.00324. The van der Waals surface area contributed by atoms with Crippen molar-refractivity contribution in [2.24, 2.45) is 0 Å². The standard InChI is InChI=1S/C20H30N4O3/c25-17-12-18(21-13-17)20(27)23-16-8-6-15(7-9-16)22-19(26)14-24-10-4-2-1-3-5-11-24/h6-9,17-18,21,25H,1-5,10-14H2,(H,22,26)(H,23,27). The Kier molecular flexibility index (Phi) is 7.20. The Morgan fingerprint density at radius 1 is 1.00 bits per heavy atom. The minimum Gasteiger partial charge on any atom is -0.392 e. The molecule has 0 bridgehead atoms. The molecule has 1 aromatic carbocycles. The van der Waals surface area contributed by atoms with Gasteiger partial charge in [0.25, 0.3) is 0 Å². The van der Waals surface area contributed by atoms with Crippen molar-refractivity contribution < 1.29 is 14.7 Å². The molecular weight excluding hydrogens is 344 g/mol. The summed E-state index contributed by atoms with van der Waals surface area (Å²) in [4.78, 5) is 26.7. The lowest BCUT2D eigenvalue weighted by atomic mass is 10.1. The van der Waals surface area contributed by atoms with Gasteiger partial charge in [0, 0.05) is 17.9 Å². The van der Waals surface area contributed by atoms with E-state index in [1.165, 1.54) is 19.3 Å². The molecular formula is C20H30N4O3. The Labute approximate surface area is 160 Å². The van der Waals surface area contributed by atoms with Crippen LogP contribution in [0.3, 0.4) is 0 Å². The molecule has 2 atom stereocenters. The number of nitrogens with one attached hydrogen (secondary N) is 3. The Bertz CT molecular complexity index is 627. The number of carbonyl (C=O) groups excluding carboxylic acids is 2. The van der Waals surface area contributed by atoms with E-state index in [4.69, 9.17) is 0 Å². The number of aliphatic hydroxyl groups excluding tert-OH is 1. The molecule has 2 saturated heterocycles. The topological polar surface area (TPSA) is 93.7 Å². The highest BCUT2D eigenvalue weighted by Crippen LogP contribution is 2.16. The zero-order chi connectivity index (χ0) is 19.1. The monoisotopic (exact) mass is 374 g/mol. The molecule has 2 amide bonds. The van der Waals surface area contributed by atoms with E-state index in [1.54, 1.807) is 24.3 Å². The van der Waals surface area contributed by atoms with Crippen molar-refractivity contribution in [2.45, 2.75) is 50.7 Å². The van der Waals surface area contributed by atoms with Crippen molar-refractivity contribution in [1.29, 1.82) is 0 Å². The maximum absolute atomic E-state index is 12.3. The van der Waals surface area contributed by atoms with Crippen molar-refractivity contribution in [3.63, 3.8) is 0 Å². The first kappa shape index (κ1) is 19.8. The molecule has 2 aliphatic rings. The molecule has 2 aliphatic heterocycles. The molecule has 3 rings (SSSR count). The largest absolute Gasteiger partial charge is 0.392 e. The number of rotatable bonds is 5. The second kappa shape index (κ2) is 9.82. The molecule has 0 radical (unpaired) electrons. The van der Waals surface area contributed by atoms with E-state index < -0.39 is 6.10 Å². The summed E-state index contributed by atoms with van der Waals surface area (Å²) in [6.45, 7) is 2.85. The van der Waals surface area contributed by atoms with Crippen LogP contribution >= 0.6 is 0 Å². The van der Waals surface area contributed by atoms with Crippen LogP contribution in [0.1, 0.15) is 38.5 Å². The fourth-order valence-corrected chi connectivity index (χ4v) is 3.66. The lowest BCUT2D eigenvalue weighted by Gasteiger charge is -2.23. The molecule has 7 heteroatoms. The highest BCUT2D eigenvalue weighted by atomic mass is 16.3. The number of hydrogen-bond donors (Lipinski definition) is 4. The Balaban J connectivity index is 1.45. The third-order valence-corrected chi connectivity index (χ3v) is 5.18. The van der Waals surface area contributed by atoms with Gasteiger partial charge in [-0.05, 0) is 56.6 Å². The SMILES string of the molecule is O=C(CN1CCCCCCC1)Nc1ccc(NC(=O)C2CC(O)CN2)cc1. The molecule has 4 N–H and O–H groups in total. The normalized spacial score (nSPS) is 24.0. The zero-order valence-corrected chi connectivity index (χ0v) is 15.7. The van der Waals surface area contributed by atoms with Gasteiger partial charge < -0.3 is 21.1 Å². The predicted molar refractivity (Wildman–Crippen MR) is 106 cm³/mol. The van der Waals surface area contributed by atoms with Crippen LogP contribution in [-0.2, 0) is 9.59 Å². The van der Waals surface area contributed by atoms with Gasteiger partial charge in [0.05, 0.1) is 18.7 Å². The molecule has 0 spiro atoms. The quantitative estimate of drug-likeness (QED) is 0.628. The average Bonchev–Trinajstić information content (AvgIpc) is 3.05. The Hall–Kier alpha value is -1.96. The van der Waals surface area contributed by atoms with Crippen LogP contribution in [0.2, 0.25) is 0 Å². The number of aliphatic hydroxyl groups is 1. The van der Waals surface area contributed by atoms with Gasteiger partial charge in [0.15, 0.2) is 0 Å². The van der Waals surface area contributed by atoms with E-state index in [0.717, 1.165) is 31.6 Å². The summed E-state index contributed by atoms with van der Waals surface area (Å²) >= 11 is 0. The predicted octanol–water partition coefficient (Wildman–Crippen LogP) is 1.55. The Morgan fingerprint density at radius 2 is 1.59 bits per heavy atom. The number of likely N-dealkylation sites (tertiary alicyclic amines) is 1. The first-order valence-electron chi connectivity index (χ1n) is 9.95. The van der Waals surface area contributed by atoms with Crippen LogP contribution in [-0.4, -0.2) is 60.1 Å². The maximum atomic E-state index is 12.3. The maximum Gasteiger partial charge on any atom is 0.241 e. The van der Waals surface area contributed by atoms with E-state index >= 15 is 0 Å². The van der Waals surface area contributed by atoms with Crippen molar-refractivity contribution in [3.05, 3.63) is 24.3 Å². The third kappa shape index (κ3) is 6.30. The lowest BCUT2D eigenvalue weighted by Crippen LogP contribution is -2.35. The molecule has 7 nitrogen and oxygen atoms in total. The van der Waals surface area contributed by atoms with Crippen LogP contribution in [0.4, 0.5) is 11.4 Å². The molecule has 2 heterocycles. The van der Waals surface area contributed by atoms with Crippen molar-refractivity contribution in [3.8, 4) is 0 Å². The lowest BCUT2D eigenvalue weighted by molar-refractivity contribution is -0.118. The zero-order valence-electron chi connectivity index (χ0n) is 15.7. The van der Waals surface area contributed by atoms with E-state index in [2.05, 4.69) is 20.9 Å². The number of amides is 2. The molecule has 0 aliphatic carbocycles. The van der Waals surface area contributed by atoms with Gasteiger partial charge in [-0.25, -0.2) is 0 Å². The smallest absolute Gasteiger partial charge is 0.241 e. The molecule has 2 unspecified atom stereocenters. The summed E-state index contributed by atoms with van der Waals surface area (Å²) in [5.41, 5.74) is 1.39. The summed E-state index contributed by atoms with van der Waals surface area (Å²) < 4.78 is 0. The summed E-state index contributed by atoms with van der Waals surface area (Å²) in [6.07, 6.45) is 6.09. The van der Waals surface area contributed by atoms with Gasteiger partial charge in [-0.1, -0.05) is 19.3 Å². The number of nitrogens with zero attached hydrogens (tertiary/aromatic N) is 1. The summed E-state index contributed by atoms with van der Waals surface area (Å²) in [6, 6.07) is 6.76. The van der Waals surface area contributed by atoms with Gasteiger partial charge in [-0.2, -0.15) is 0 Å². The van der Waals surface area contributed by atoms with Gasteiger partial charge in [-0.3, -0.25) is 14.5 Å². The first-order valence-corrected chi connectivity index (χ1v) is 9.95. The van der Waals surface area contributed by atoms with Gasteiger partial charge in [0.1, 0.15) is 0 Å². The minimum atomic E-state index is -0.466. The molecule has 1 aromatic rings. The molecule has 0 saturated carbocycles. The summed E-state index contributed by atoms with van der Waals surface area (Å²) in [5.74, 6) is -0.156. The Morgan fingerprint density at radius 3 is 2.19 bits per heavy atom. The van der Waals surface area contributed by atoms with E-state index in [-0.39, 0.29) is 17.9 Å². The second-order valence-electron chi connectivity index (χ2n) is 7.51. The van der Waals surface area contributed by atoms with Gasteiger partial charge in [-0.15, -0.1) is 0 Å². The van der Waals surface area contributed by atoms with Crippen LogP contribution in [0.5, 0.6) is 0 Å². The van der Waals surface area contributed by atoms with E-state index in [1.807, 2.05) is 0 Å². The first-order chi connectivity index (χ1) is 13.1. The van der Waals surface area contributed by atoms with Crippen LogP contribution in [0.25, 0.3) is 0 Å². The second-order valence-corrected chi connectivity index (χ2v) is 7.51. The highest BCUT2D eigenvalue weighted by molar-refractivity contribution is 5.96. The van der Waals surface area contributed by atoms with Crippen LogP contribution < -0.4 is 16.0 Å². The molecule has 148 valence electrons. The molecule has 27 heavy (non-hydrogen) atoms. The van der Waals surface area contributed by atoms with Gasteiger partial charge >= 0.3 is 0 Å². The van der Waals surface area contributed by atoms with Crippen LogP contribution in [0.15, 0.2) is 24.3 Å². The average molecular weight is 374 g/mol. The van der Waals surface area contributed by atoms with Crippen molar-refractivity contribution in [1.82, 2.24) is 10.2 Å². The number of β-amino-alcohol motifs (C(OH)–C–C–N with tert-alkyl or cyclic N) is 1. The third-order valence-electron chi connectivity index (χ3n) is 5.18. The number of carbonyl (C=O) groups is 2. The summed E-state index contributed by atoms with van der Waals surface area (Å²) in [5, 5.41) is 18.2. The number of anilines is 2. The number of benzene rings is 1. The van der Waals surface area contributed by atoms with Crippen LogP contribution in [0, 0.1) is 0 Å². The summed E-state index contributed by atoms with van der Waals surface area (Å²) in [7, 11) is 0. The van der Waals surface area contributed by atoms with Gasteiger partial charge in [0.2, 0.25) is 11.8 Å². The fraction of sp³-hybridized carbons (Fsp3) is 0.600. The van der Waals surface area contributed by atoms with E-state index in [0.29, 0.717) is 25.2 Å². The van der Waals surface area contributed by atoms with E-state index in [9.17, 15) is 14.7 Å². The highest BCUT2D eigenvalue weighted by Gasteiger charge is 2.27. The number of hydrogen-bond acceptors (Lipinski definition) is 5. The van der Waals surface area contributed by atoms with Crippen molar-refractivity contribution >= 4 is 23.2 Å². The fourth-order valence-electron chi connectivity index (χ4n) is 3.66. The van der Waals surface area contributed by atoms with Crippen molar-refractivity contribution in [2.75, 3.05) is 36.8 Å². The molecule has 0 aromatic heterocycles. The molecule has 2 fully saturated rings.